The smallest absolute Gasteiger partial charge is 0.228 e. The first-order valence-electron chi connectivity index (χ1n) is 7.57. The van der Waals surface area contributed by atoms with Crippen LogP contribution in [-0.4, -0.2) is 18.7 Å². The van der Waals surface area contributed by atoms with Crippen molar-refractivity contribution in [2.24, 2.45) is 0 Å². The summed E-state index contributed by atoms with van der Waals surface area (Å²) in [5.74, 6) is 0.529. The van der Waals surface area contributed by atoms with Crippen molar-refractivity contribution in [3.63, 3.8) is 0 Å². The van der Waals surface area contributed by atoms with Crippen molar-refractivity contribution in [3.8, 4) is 16.9 Å². The van der Waals surface area contributed by atoms with Gasteiger partial charge in [0.25, 0.3) is 0 Å². The highest BCUT2D eigenvalue weighted by atomic mass is 35.5. The average molecular weight is 334 g/mol. The molecule has 1 N–H and O–H groups in total. The summed E-state index contributed by atoms with van der Waals surface area (Å²) in [5.41, 5.74) is 3.32. The molecule has 1 aliphatic heterocycles. The highest BCUT2D eigenvalue weighted by Gasteiger charge is 2.20. The van der Waals surface area contributed by atoms with Gasteiger partial charge in [-0.3, -0.25) is 4.79 Å². The second-order valence-corrected chi connectivity index (χ2v) is 5.93. The predicted molar refractivity (Wildman–Crippen MR) is 89.9 cm³/mol. The fourth-order valence-corrected chi connectivity index (χ4v) is 2.86. The maximum atomic E-state index is 13.5. The largest absolute Gasteiger partial charge is 0.490 e. The van der Waals surface area contributed by atoms with E-state index in [-0.39, 0.29) is 12.5 Å². The second kappa shape index (κ2) is 6.59. The van der Waals surface area contributed by atoms with Crippen LogP contribution in [0.4, 0.5) is 10.1 Å². The Morgan fingerprint density at radius 1 is 1.35 bits per heavy atom. The molecule has 1 atom stereocenters. The molecule has 0 saturated heterocycles. The normalized spacial score (nSPS) is 14.3. The van der Waals surface area contributed by atoms with Crippen LogP contribution in [0.1, 0.15) is 18.9 Å². The number of hydrogen-bond acceptors (Lipinski definition) is 2. The monoisotopic (exact) mass is 333 g/mol. The predicted octanol–water partition coefficient (Wildman–Crippen LogP) is 4.63. The van der Waals surface area contributed by atoms with E-state index in [9.17, 15) is 9.18 Å². The zero-order chi connectivity index (χ0) is 16.4. The zero-order valence-corrected chi connectivity index (χ0v) is 13.5. The lowest BCUT2D eigenvalue weighted by molar-refractivity contribution is -0.115. The van der Waals surface area contributed by atoms with Gasteiger partial charge >= 0.3 is 0 Å². The molecule has 5 heteroatoms. The Labute approximate surface area is 139 Å². The van der Waals surface area contributed by atoms with Crippen molar-refractivity contribution < 1.29 is 13.9 Å². The molecule has 1 amide bonds. The van der Waals surface area contributed by atoms with E-state index in [1.54, 1.807) is 25.1 Å². The van der Waals surface area contributed by atoms with Gasteiger partial charge in [0, 0.05) is 11.3 Å². The number of anilines is 1. The number of hydrogen-bond donors (Lipinski definition) is 1. The lowest BCUT2D eigenvalue weighted by atomic mass is 10.0. The summed E-state index contributed by atoms with van der Waals surface area (Å²) >= 11 is 6.34. The van der Waals surface area contributed by atoms with Gasteiger partial charge in [0.1, 0.15) is 18.5 Å². The number of benzene rings is 2. The van der Waals surface area contributed by atoms with Crippen molar-refractivity contribution in [1.82, 2.24) is 0 Å². The van der Waals surface area contributed by atoms with Crippen LogP contribution >= 0.6 is 11.6 Å². The molecule has 3 rings (SSSR count). The highest BCUT2D eigenvalue weighted by molar-refractivity contribution is 6.33. The number of carbonyl (C=O) groups is 1. The molecule has 0 radical (unpaired) electrons. The minimum Gasteiger partial charge on any atom is -0.490 e. The van der Waals surface area contributed by atoms with E-state index < -0.39 is 6.17 Å². The van der Waals surface area contributed by atoms with Crippen molar-refractivity contribution in [3.05, 3.63) is 47.0 Å². The van der Waals surface area contributed by atoms with Gasteiger partial charge < -0.3 is 10.1 Å². The van der Waals surface area contributed by atoms with Crippen LogP contribution in [-0.2, 0) is 11.2 Å². The van der Waals surface area contributed by atoms with Crippen LogP contribution in [0.25, 0.3) is 11.1 Å². The van der Waals surface area contributed by atoms with Crippen LogP contribution in [0.15, 0.2) is 36.4 Å². The SMILES string of the molecule is CCC(F)COc1cccc(Cl)c1-c1ccc2c(c1)CC(=O)N2. The molecule has 120 valence electrons. The van der Waals surface area contributed by atoms with Gasteiger partial charge in [-0.2, -0.15) is 0 Å². The average Bonchev–Trinajstić information content (AvgIpc) is 2.91. The molecule has 1 heterocycles. The van der Waals surface area contributed by atoms with Gasteiger partial charge in [-0.15, -0.1) is 0 Å². The molecule has 0 spiro atoms. The molecule has 1 aliphatic rings. The zero-order valence-electron chi connectivity index (χ0n) is 12.7. The molecule has 0 aromatic heterocycles. The second-order valence-electron chi connectivity index (χ2n) is 5.53. The molecule has 23 heavy (non-hydrogen) atoms. The fraction of sp³-hybridized carbons (Fsp3) is 0.278. The van der Waals surface area contributed by atoms with E-state index in [0.717, 1.165) is 22.4 Å². The van der Waals surface area contributed by atoms with Gasteiger partial charge in [0.15, 0.2) is 0 Å². The van der Waals surface area contributed by atoms with Gasteiger partial charge in [-0.25, -0.2) is 4.39 Å². The minimum absolute atomic E-state index is 0.00513. The Bertz CT molecular complexity index is 748. The topological polar surface area (TPSA) is 38.3 Å². The third-order valence-electron chi connectivity index (χ3n) is 3.86. The first-order valence-corrected chi connectivity index (χ1v) is 7.94. The van der Waals surface area contributed by atoms with E-state index in [4.69, 9.17) is 16.3 Å². The third-order valence-corrected chi connectivity index (χ3v) is 4.17. The molecule has 1 unspecified atom stereocenters. The first-order chi connectivity index (χ1) is 11.1. The summed E-state index contributed by atoms with van der Waals surface area (Å²) in [4.78, 5) is 11.5. The van der Waals surface area contributed by atoms with Gasteiger partial charge in [0.05, 0.1) is 11.4 Å². The number of halogens is 2. The number of ether oxygens (including phenoxy) is 1. The summed E-state index contributed by atoms with van der Waals surface area (Å²) in [6.45, 7) is 1.77. The number of carbonyl (C=O) groups excluding carboxylic acids is 1. The molecular formula is C18H17ClFNO2. The molecular weight excluding hydrogens is 317 g/mol. The number of rotatable bonds is 5. The van der Waals surface area contributed by atoms with Gasteiger partial charge in [-0.1, -0.05) is 30.7 Å². The van der Waals surface area contributed by atoms with Crippen molar-refractivity contribution in [2.75, 3.05) is 11.9 Å². The summed E-state index contributed by atoms with van der Waals surface area (Å²) in [6, 6.07) is 11.0. The molecule has 2 aromatic carbocycles. The van der Waals surface area contributed by atoms with E-state index in [1.165, 1.54) is 0 Å². The Morgan fingerprint density at radius 2 is 2.17 bits per heavy atom. The van der Waals surface area contributed by atoms with E-state index in [2.05, 4.69) is 5.32 Å². The summed E-state index contributed by atoms with van der Waals surface area (Å²) in [5, 5.41) is 3.33. The van der Waals surface area contributed by atoms with Crippen LogP contribution in [0, 0.1) is 0 Å². The minimum atomic E-state index is -1.01. The molecule has 0 fully saturated rings. The van der Waals surface area contributed by atoms with Crippen LogP contribution in [0.5, 0.6) is 5.75 Å². The number of alkyl halides is 1. The maximum Gasteiger partial charge on any atom is 0.228 e. The summed E-state index contributed by atoms with van der Waals surface area (Å²) in [7, 11) is 0. The number of fused-ring (bicyclic) bond motifs is 1. The Hall–Kier alpha value is -2.07. The van der Waals surface area contributed by atoms with Crippen LogP contribution in [0.2, 0.25) is 5.02 Å². The van der Waals surface area contributed by atoms with Crippen molar-refractivity contribution in [2.45, 2.75) is 25.9 Å². The van der Waals surface area contributed by atoms with Gasteiger partial charge in [-0.05, 0) is 41.8 Å². The number of amides is 1. The number of nitrogens with one attached hydrogen (secondary N) is 1. The van der Waals surface area contributed by atoms with E-state index in [1.807, 2.05) is 18.2 Å². The Kier molecular flexibility index (Phi) is 4.53. The molecule has 0 aliphatic carbocycles. The Balaban J connectivity index is 1.96. The lowest BCUT2D eigenvalue weighted by Crippen LogP contribution is -2.11. The standard InChI is InChI=1S/C18H17ClFNO2/c1-2-13(20)10-23-16-5-3-4-14(19)18(16)11-6-7-15-12(8-11)9-17(22)21-15/h3-8,13H,2,9-10H2,1H3,(H,21,22). The lowest BCUT2D eigenvalue weighted by Gasteiger charge is -2.15. The molecule has 3 nitrogen and oxygen atoms in total. The first kappa shape index (κ1) is 15.8. The molecule has 0 saturated carbocycles. The van der Waals surface area contributed by atoms with E-state index >= 15 is 0 Å². The maximum absolute atomic E-state index is 13.5. The molecule has 2 aromatic rings. The van der Waals surface area contributed by atoms with Gasteiger partial charge in [0.2, 0.25) is 5.91 Å². The highest BCUT2D eigenvalue weighted by Crippen LogP contribution is 2.39. The van der Waals surface area contributed by atoms with Crippen LogP contribution in [0.3, 0.4) is 0 Å². The van der Waals surface area contributed by atoms with Crippen molar-refractivity contribution in [1.29, 1.82) is 0 Å². The third kappa shape index (κ3) is 3.32. The summed E-state index contributed by atoms with van der Waals surface area (Å²) < 4.78 is 19.1. The van der Waals surface area contributed by atoms with Crippen molar-refractivity contribution >= 4 is 23.2 Å². The summed E-state index contributed by atoms with van der Waals surface area (Å²) in [6.07, 6.45) is -0.252. The van der Waals surface area contributed by atoms with Crippen LogP contribution < -0.4 is 10.1 Å². The fourth-order valence-electron chi connectivity index (χ4n) is 2.59. The van der Waals surface area contributed by atoms with E-state index in [0.29, 0.717) is 23.6 Å². The quantitative estimate of drug-likeness (QED) is 0.866. The Morgan fingerprint density at radius 3 is 2.96 bits per heavy atom. The molecule has 0 bridgehead atoms.